The number of nitrogens with one attached hydrogen (secondary N) is 2. The molecule has 1 heterocycles. The summed E-state index contributed by atoms with van der Waals surface area (Å²) in [6, 6.07) is 2.94. The maximum Gasteiger partial charge on any atom is 0.287 e. The van der Waals surface area contributed by atoms with Crippen molar-refractivity contribution in [3.05, 3.63) is 24.2 Å². The molecule has 0 radical (unpaired) electrons. The number of rotatable bonds is 4. The average molecular weight is 222 g/mol. The van der Waals surface area contributed by atoms with Crippen molar-refractivity contribution in [2.45, 2.75) is 31.8 Å². The highest BCUT2D eigenvalue weighted by molar-refractivity contribution is 5.95. The minimum Gasteiger partial charge on any atom is -0.459 e. The van der Waals surface area contributed by atoms with Crippen LogP contribution in [0, 0.1) is 0 Å². The molecule has 5 nitrogen and oxygen atoms in total. The van der Waals surface area contributed by atoms with Gasteiger partial charge in [-0.1, -0.05) is 0 Å². The Labute approximate surface area is 93.2 Å². The molecule has 0 aromatic carbocycles. The fourth-order valence-electron chi connectivity index (χ4n) is 1.29. The largest absolute Gasteiger partial charge is 0.459 e. The van der Waals surface area contributed by atoms with Crippen LogP contribution in [0.4, 0.5) is 0 Å². The summed E-state index contributed by atoms with van der Waals surface area (Å²) in [5, 5.41) is 5.39. The molecule has 0 saturated heterocycles. The van der Waals surface area contributed by atoms with Gasteiger partial charge < -0.3 is 15.1 Å². The molecule has 1 unspecified atom stereocenters. The number of hydrogen-bond donors (Lipinski definition) is 2. The van der Waals surface area contributed by atoms with E-state index >= 15 is 0 Å². The lowest BCUT2D eigenvalue weighted by molar-refractivity contribution is -0.122. The van der Waals surface area contributed by atoms with E-state index in [0.29, 0.717) is 6.04 Å². The minimum atomic E-state index is -0.543. The van der Waals surface area contributed by atoms with Gasteiger partial charge in [0, 0.05) is 6.04 Å². The van der Waals surface area contributed by atoms with Crippen LogP contribution in [-0.2, 0) is 4.79 Å². The second-order valence-electron chi connectivity index (χ2n) is 3.96. The molecule has 16 heavy (non-hydrogen) atoms. The van der Waals surface area contributed by atoms with E-state index < -0.39 is 6.04 Å². The third-order valence-electron chi connectivity index (χ3n) is 2.41. The van der Waals surface area contributed by atoms with Crippen LogP contribution in [0.25, 0.3) is 0 Å². The molecule has 1 aromatic heterocycles. The van der Waals surface area contributed by atoms with Crippen LogP contribution in [-0.4, -0.2) is 23.9 Å². The smallest absolute Gasteiger partial charge is 0.287 e. The summed E-state index contributed by atoms with van der Waals surface area (Å²) >= 11 is 0. The summed E-state index contributed by atoms with van der Waals surface area (Å²) in [5.41, 5.74) is 0. The third-order valence-corrected chi connectivity index (χ3v) is 2.41. The predicted molar refractivity (Wildman–Crippen MR) is 56.8 cm³/mol. The van der Waals surface area contributed by atoms with Crippen molar-refractivity contribution in [1.82, 2.24) is 10.6 Å². The maximum absolute atomic E-state index is 11.5. The molecule has 1 aliphatic rings. The van der Waals surface area contributed by atoms with Gasteiger partial charge in [-0.25, -0.2) is 0 Å². The lowest BCUT2D eigenvalue weighted by Gasteiger charge is -2.12. The lowest BCUT2D eigenvalue weighted by atomic mass is 10.3. The molecule has 2 N–H and O–H groups in total. The van der Waals surface area contributed by atoms with Crippen molar-refractivity contribution in [3.8, 4) is 0 Å². The highest BCUT2D eigenvalue weighted by atomic mass is 16.3. The molecule has 2 rings (SSSR count). The van der Waals surface area contributed by atoms with Crippen molar-refractivity contribution in [3.63, 3.8) is 0 Å². The first-order valence-corrected chi connectivity index (χ1v) is 5.31. The van der Waals surface area contributed by atoms with Gasteiger partial charge in [-0.2, -0.15) is 0 Å². The monoisotopic (exact) mass is 222 g/mol. The molecular weight excluding hydrogens is 208 g/mol. The second kappa shape index (κ2) is 4.38. The molecule has 0 spiro atoms. The van der Waals surface area contributed by atoms with Gasteiger partial charge >= 0.3 is 0 Å². The third kappa shape index (κ3) is 2.62. The van der Waals surface area contributed by atoms with Crippen LogP contribution in [0.3, 0.4) is 0 Å². The Kier molecular flexibility index (Phi) is 2.94. The molecule has 0 bridgehead atoms. The van der Waals surface area contributed by atoms with E-state index in [2.05, 4.69) is 10.6 Å². The van der Waals surface area contributed by atoms with E-state index in [-0.39, 0.29) is 17.6 Å². The Hall–Kier alpha value is -1.78. The summed E-state index contributed by atoms with van der Waals surface area (Å²) < 4.78 is 4.93. The van der Waals surface area contributed by atoms with Crippen molar-refractivity contribution in [2.75, 3.05) is 0 Å². The first-order valence-electron chi connectivity index (χ1n) is 5.31. The van der Waals surface area contributed by atoms with Gasteiger partial charge in [-0.05, 0) is 31.9 Å². The van der Waals surface area contributed by atoms with Crippen molar-refractivity contribution in [2.24, 2.45) is 0 Å². The molecule has 86 valence electrons. The molecule has 1 fully saturated rings. The van der Waals surface area contributed by atoms with Crippen molar-refractivity contribution in [1.29, 1.82) is 0 Å². The minimum absolute atomic E-state index is 0.151. The number of amides is 2. The van der Waals surface area contributed by atoms with Gasteiger partial charge in [-0.15, -0.1) is 0 Å². The van der Waals surface area contributed by atoms with Gasteiger partial charge in [0.05, 0.1) is 6.26 Å². The number of hydrogen-bond acceptors (Lipinski definition) is 3. The van der Waals surface area contributed by atoms with Gasteiger partial charge in [0.25, 0.3) is 5.91 Å². The summed E-state index contributed by atoms with van der Waals surface area (Å²) in [6.45, 7) is 1.65. The Morgan fingerprint density at radius 3 is 2.81 bits per heavy atom. The molecule has 5 heteroatoms. The fraction of sp³-hybridized carbons (Fsp3) is 0.455. The average Bonchev–Trinajstić information content (AvgIpc) is 2.89. The van der Waals surface area contributed by atoms with Crippen molar-refractivity contribution >= 4 is 11.8 Å². The van der Waals surface area contributed by atoms with Crippen molar-refractivity contribution < 1.29 is 14.0 Å². The molecular formula is C11H14N2O3. The van der Waals surface area contributed by atoms with Crippen LogP contribution in [0.1, 0.15) is 30.3 Å². The number of carbonyl (C=O) groups is 2. The van der Waals surface area contributed by atoms with Crippen LogP contribution in [0.5, 0.6) is 0 Å². The normalized spacial score (nSPS) is 16.6. The summed E-state index contributed by atoms with van der Waals surface area (Å²) in [6.07, 6.45) is 3.49. The standard InChI is InChI=1S/C11H14N2O3/c1-7(10(14)13-8-4-5-8)12-11(15)9-3-2-6-16-9/h2-3,6-8H,4-5H2,1H3,(H,12,15)(H,13,14). The quantitative estimate of drug-likeness (QED) is 0.786. The van der Waals surface area contributed by atoms with E-state index in [1.165, 1.54) is 6.26 Å². The molecule has 1 saturated carbocycles. The lowest BCUT2D eigenvalue weighted by Crippen LogP contribution is -2.45. The first kappa shape index (κ1) is 10.7. The molecule has 1 aliphatic carbocycles. The van der Waals surface area contributed by atoms with Gasteiger partial charge in [-0.3, -0.25) is 9.59 Å². The molecule has 1 atom stereocenters. The Balaban J connectivity index is 1.83. The summed E-state index contributed by atoms with van der Waals surface area (Å²) in [4.78, 5) is 23.1. The SMILES string of the molecule is CC(NC(=O)c1ccco1)C(=O)NC1CC1. The van der Waals surface area contributed by atoms with Crippen LogP contribution < -0.4 is 10.6 Å². The van der Waals surface area contributed by atoms with Crippen LogP contribution in [0.2, 0.25) is 0 Å². The van der Waals surface area contributed by atoms with E-state index in [1.54, 1.807) is 19.1 Å². The Morgan fingerprint density at radius 2 is 2.25 bits per heavy atom. The zero-order chi connectivity index (χ0) is 11.5. The fourth-order valence-corrected chi connectivity index (χ4v) is 1.29. The van der Waals surface area contributed by atoms with E-state index in [9.17, 15) is 9.59 Å². The van der Waals surface area contributed by atoms with E-state index in [1.807, 2.05) is 0 Å². The van der Waals surface area contributed by atoms with Gasteiger partial charge in [0.15, 0.2) is 5.76 Å². The van der Waals surface area contributed by atoms with E-state index in [0.717, 1.165) is 12.8 Å². The number of furan rings is 1. The topological polar surface area (TPSA) is 71.3 Å². The Bertz CT molecular complexity index is 382. The van der Waals surface area contributed by atoms with Crippen LogP contribution in [0.15, 0.2) is 22.8 Å². The predicted octanol–water partition coefficient (Wildman–Crippen LogP) is 0.676. The second-order valence-corrected chi connectivity index (χ2v) is 3.96. The summed E-state index contributed by atoms with van der Waals surface area (Å²) in [5.74, 6) is -0.308. The van der Waals surface area contributed by atoms with Gasteiger partial charge in [0.2, 0.25) is 5.91 Å². The molecule has 0 aliphatic heterocycles. The highest BCUT2D eigenvalue weighted by Gasteiger charge is 2.26. The van der Waals surface area contributed by atoms with Crippen LogP contribution >= 0.6 is 0 Å². The highest BCUT2D eigenvalue weighted by Crippen LogP contribution is 2.18. The maximum atomic E-state index is 11.5. The van der Waals surface area contributed by atoms with Gasteiger partial charge in [0.1, 0.15) is 6.04 Å². The zero-order valence-electron chi connectivity index (χ0n) is 9.03. The Morgan fingerprint density at radius 1 is 1.50 bits per heavy atom. The first-order chi connectivity index (χ1) is 7.66. The zero-order valence-corrected chi connectivity index (χ0v) is 9.03. The summed E-state index contributed by atoms with van der Waals surface area (Å²) in [7, 11) is 0. The molecule has 1 aromatic rings. The number of carbonyl (C=O) groups excluding carboxylic acids is 2. The van der Waals surface area contributed by atoms with E-state index in [4.69, 9.17) is 4.42 Å². The molecule has 2 amide bonds.